The van der Waals surface area contributed by atoms with Crippen molar-refractivity contribution < 1.29 is 22.7 Å². The van der Waals surface area contributed by atoms with Gasteiger partial charge < -0.3 is 19.9 Å². The number of fused-ring (bicyclic) bond motifs is 2. The van der Waals surface area contributed by atoms with E-state index in [9.17, 15) is 18.0 Å². The molecule has 1 amide bonds. The van der Waals surface area contributed by atoms with Crippen LogP contribution in [0.1, 0.15) is 49.2 Å². The van der Waals surface area contributed by atoms with Gasteiger partial charge in [0.2, 0.25) is 5.91 Å². The van der Waals surface area contributed by atoms with Crippen molar-refractivity contribution in [2.24, 2.45) is 5.92 Å². The number of nitrogens with one attached hydrogen (secondary N) is 1. The lowest BCUT2D eigenvalue weighted by atomic mass is 9.95. The second kappa shape index (κ2) is 10.2. The van der Waals surface area contributed by atoms with Crippen LogP contribution in [0.3, 0.4) is 0 Å². The number of hydrogen-bond acceptors (Lipinski definition) is 6. The van der Waals surface area contributed by atoms with Crippen LogP contribution in [0.15, 0.2) is 30.3 Å². The van der Waals surface area contributed by atoms with Crippen molar-refractivity contribution in [2.45, 2.75) is 39.2 Å². The third kappa shape index (κ3) is 4.94. The second-order valence-corrected chi connectivity index (χ2v) is 9.79. The SMILES string of the molecule is Cc1nc(N[C@H](C)c2cccc(C(F)F)c2F)c2cc3c(cc2n1)OCCN3C(=O)C1CCN(C)CC1. The molecule has 196 valence electrons. The molecule has 0 aliphatic carbocycles. The number of rotatable bonds is 5. The molecule has 0 spiro atoms. The predicted molar refractivity (Wildman–Crippen MR) is 136 cm³/mol. The number of ether oxygens (including phenoxy) is 1. The molecule has 0 bridgehead atoms. The molecule has 1 N–H and O–H groups in total. The summed E-state index contributed by atoms with van der Waals surface area (Å²) in [7, 11) is 2.06. The molecule has 0 saturated carbocycles. The molecule has 37 heavy (non-hydrogen) atoms. The molecule has 1 aromatic heterocycles. The fraction of sp³-hybridized carbons (Fsp3) is 0.444. The Labute approximate surface area is 213 Å². The van der Waals surface area contributed by atoms with Crippen molar-refractivity contribution in [1.29, 1.82) is 0 Å². The van der Waals surface area contributed by atoms with Crippen molar-refractivity contribution in [3.05, 3.63) is 53.1 Å². The highest BCUT2D eigenvalue weighted by atomic mass is 19.3. The largest absolute Gasteiger partial charge is 0.489 e. The zero-order valence-electron chi connectivity index (χ0n) is 21.1. The number of aryl methyl sites for hydroxylation is 1. The molecule has 3 aromatic rings. The normalized spacial score (nSPS) is 17.5. The molecule has 10 heteroatoms. The number of hydrogen-bond donors (Lipinski definition) is 1. The van der Waals surface area contributed by atoms with Gasteiger partial charge in [0.1, 0.15) is 29.8 Å². The Morgan fingerprint density at radius 2 is 1.86 bits per heavy atom. The number of aromatic nitrogens is 2. The van der Waals surface area contributed by atoms with Crippen molar-refractivity contribution in [3.8, 4) is 5.75 Å². The molecule has 1 saturated heterocycles. The topological polar surface area (TPSA) is 70.6 Å². The van der Waals surface area contributed by atoms with Gasteiger partial charge in [0.25, 0.3) is 6.43 Å². The first kappa shape index (κ1) is 25.3. The predicted octanol–water partition coefficient (Wildman–Crippen LogP) is 5.26. The van der Waals surface area contributed by atoms with Crippen molar-refractivity contribution in [2.75, 3.05) is 43.5 Å². The van der Waals surface area contributed by atoms with Gasteiger partial charge in [0, 0.05) is 22.9 Å². The van der Waals surface area contributed by atoms with E-state index in [0.717, 1.165) is 32.0 Å². The maximum Gasteiger partial charge on any atom is 0.266 e. The Kier molecular flexibility index (Phi) is 6.94. The summed E-state index contributed by atoms with van der Waals surface area (Å²) in [5, 5.41) is 3.81. The summed E-state index contributed by atoms with van der Waals surface area (Å²) < 4.78 is 47.2. The minimum Gasteiger partial charge on any atom is -0.489 e. The first-order valence-electron chi connectivity index (χ1n) is 12.5. The zero-order chi connectivity index (χ0) is 26.3. The number of alkyl halides is 2. The van der Waals surface area contributed by atoms with Crippen molar-refractivity contribution in [3.63, 3.8) is 0 Å². The van der Waals surface area contributed by atoms with E-state index in [4.69, 9.17) is 4.74 Å². The first-order chi connectivity index (χ1) is 17.7. The van der Waals surface area contributed by atoms with E-state index in [-0.39, 0.29) is 17.4 Å². The van der Waals surface area contributed by atoms with Crippen LogP contribution in [-0.2, 0) is 4.79 Å². The summed E-state index contributed by atoms with van der Waals surface area (Å²) in [5.41, 5.74) is 0.736. The standard InChI is InChI=1S/C27H30F3N5O2/c1-15(18-5-4-6-19(24(18)28)25(29)30)31-26-20-13-22-23(14-21(20)32-16(2)33-26)37-12-11-35(22)27(36)17-7-9-34(3)10-8-17/h4-6,13-15,17,25H,7-12H2,1-3H3,(H,31,32,33)/t15-/m1/s1. The van der Waals surface area contributed by atoms with Gasteiger partial charge in [-0.05, 0) is 52.9 Å². The number of amides is 1. The number of benzene rings is 2. The summed E-state index contributed by atoms with van der Waals surface area (Å²) in [6.07, 6.45) is -1.29. The molecular weight excluding hydrogens is 483 g/mol. The van der Waals surface area contributed by atoms with Gasteiger partial charge in [-0.2, -0.15) is 0 Å². The van der Waals surface area contributed by atoms with E-state index in [0.29, 0.717) is 47.1 Å². The summed E-state index contributed by atoms with van der Waals surface area (Å²) in [6, 6.07) is 6.95. The highest BCUT2D eigenvalue weighted by Crippen LogP contribution is 2.39. The van der Waals surface area contributed by atoms with Gasteiger partial charge >= 0.3 is 0 Å². The zero-order valence-corrected chi connectivity index (χ0v) is 21.1. The minimum absolute atomic E-state index is 0.0465. The summed E-state index contributed by atoms with van der Waals surface area (Å²) in [4.78, 5) is 26.6. The molecule has 1 atom stereocenters. The molecule has 1 fully saturated rings. The van der Waals surface area contributed by atoms with Crippen LogP contribution in [0.5, 0.6) is 5.75 Å². The average molecular weight is 514 g/mol. The third-order valence-electron chi connectivity index (χ3n) is 7.20. The number of piperidine rings is 1. The fourth-order valence-electron chi connectivity index (χ4n) is 5.12. The van der Waals surface area contributed by atoms with Crippen molar-refractivity contribution in [1.82, 2.24) is 14.9 Å². The van der Waals surface area contributed by atoms with E-state index in [2.05, 4.69) is 27.2 Å². The Bertz CT molecular complexity index is 1330. The van der Waals surface area contributed by atoms with Crippen LogP contribution in [0, 0.1) is 18.7 Å². The molecule has 7 nitrogen and oxygen atoms in total. The highest BCUT2D eigenvalue weighted by Gasteiger charge is 2.32. The minimum atomic E-state index is -2.91. The van der Waals surface area contributed by atoms with Gasteiger partial charge in [0.15, 0.2) is 0 Å². The van der Waals surface area contributed by atoms with E-state index in [1.54, 1.807) is 24.8 Å². The summed E-state index contributed by atoms with van der Waals surface area (Å²) in [5.74, 6) is 0.589. The lowest BCUT2D eigenvalue weighted by molar-refractivity contribution is -0.124. The van der Waals surface area contributed by atoms with Gasteiger partial charge in [0.05, 0.1) is 29.4 Å². The van der Waals surface area contributed by atoms with Gasteiger partial charge in [-0.25, -0.2) is 23.1 Å². The van der Waals surface area contributed by atoms with Gasteiger partial charge in [-0.15, -0.1) is 0 Å². The molecule has 2 aliphatic rings. The number of likely N-dealkylation sites (tertiary alicyclic amines) is 1. The van der Waals surface area contributed by atoms with Gasteiger partial charge in [-0.3, -0.25) is 4.79 Å². The van der Waals surface area contributed by atoms with Crippen molar-refractivity contribution >= 4 is 28.3 Å². The number of anilines is 2. The third-order valence-corrected chi connectivity index (χ3v) is 7.20. The smallest absolute Gasteiger partial charge is 0.266 e. The lowest BCUT2D eigenvalue weighted by Gasteiger charge is -2.35. The maximum atomic E-state index is 14.8. The van der Waals surface area contributed by atoms with E-state index in [1.807, 2.05) is 6.07 Å². The maximum absolute atomic E-state index is 14.8. The second-order valence-electron chi connectivity index (χ2n) is 9.79. The van der Waals surface area contributed by atoms with E-state index in [1.165, 1.54) is 12.1 Å². The fourth-order valence-corrected chi connectivity index (χ4v) is 5.12. The Morgan fingerprint density at radius 1 is 1.14 bits per heavy atom. The lowest BCUT2D eigenvalue weighted by Crippen LogP contribution is -2.44. The van der Waals surface area contributed by atoms with E-state index < -0.39 is 23.8 Å². The Balaban J connectivity index is 1.51. The Morgan fingerprint density at radius 3 is 2.59 bits per heavy atom. The summed E-state index contributed by atoms with van der Waals surface area (Å²) in [6.45, 7) is 6.03. The van der Waals surface area contributed by atoms with Crippen LogP contribution in [0.2, 0.25) is 0 Å². The molecular formula is C27H30F3N5O2. The monoisotopic (exact) mass is 513 g/mol. The molecule has 0 radical (unpaired) electrons. The first-order valence-corrected chi connectivity index (χ1v) is 12.5. The van der Waals surface area contributed by atoms with E-state index >= 15 is 0 Å². The van der Waals surface area contributed by atoms with Gasteiger partial charge in [-0.1, -0.05) is 18.2 Å². The van der Waals surface area contributed by atoms with Crippen LogP contribution < -0.4 is 15.0 Å². The van der Waals surface area contributed by atoms with Crippen LogP contribution in [-0.4, -0.2) is 54.1 Å². The average Bonchev–Trinajstić information content (AvgIpc) is 2.87. The quantitative estimate of drug-likeness (QED) is 0.502. The molecule has 2 aliphatic heterocycles. The van der Waals surface area contributed by atoms with Crippen LogP contribution >= 0.6 is 0 Å². The molecule has 2 aromatic carbocycles. The molecule has 5 rings (SSSR count). The molecule has 0 unspecified atom stereocenters. The number of halogens is 3. The number of carbonyl (C=O) groups excluding carboxylic acids is 1. The summed E-state index contributed by atoms with van der Waals surface area (Å²) >= 11 is 0. The molecule has 3 heterocycles. The number of nitrogens with zero attached hydrogens (tertiary/aromatic N) is 4. The Hall–Kier alpha value is -3.40. The highest BCUT2D eigenvalue weighted by molar-refractivity contribution is 6.01. The van der Waals surface area contributed by atoms with Crippen LogP contribution in [0.4, 0.5) is 24.7 Å². The number of carbonyl (C=O) groups is 1. The van der Waals surface area contributed by atoms with Crippen LogP contribution in [0.25, 0.3) is 10.9 Å².